The molecule has 6 N–H and O–H groups in total. The first-order chi connectivity index (χ1) is 25.6. The number of rotatable bonds is 25. The SMILES string of the molecule is COCCCOCCNC(=O)CCCC(=O)Nc1ccc2c(c1)C(COC(=O)NF)c1cc(NC(=O)CCCC(=O)NCCOC(C)CCO)ccc1-2. The van der Waals surface area contributed by atoms with E-state index in [0.29, 0.717) is 70.2 Å². The second-order valence-corrected chi connectivity index (χ2v) is 12.5. The highest BCUT2D eigenvalue weighted by molar-refractivity contribution is 5.94. The summed E-state index contributed by atoms with van der Waals surface area (Å²) in [4.78, 5) is 61.4. The molecular weight excluding hydrogens is 693 g/mol. The van der Waals surface area contributed by atoms with E-state index in [9.17, 15) is 28.5 Å². The number of ether oxygens (including phenoxy) is 4. The van der Waals surface area contributed by atoms with Gasteiger partial charge in [-0.15, -0.1) is 0 Å². The van der Waals surface area contributed by atoms with Gasteiger partial charge in [0.15, 0.2) is 0 Å². The molecule has 2 aromatic carbocycles. The maximum absolute atomic E-state index is 12.7. The van der Waals surface area contributed by atoms with E-state index >= 15 is 0 Å². The summed E-state index contributed by atoms with van der Waals surface area (Å²) in [6.07, 6.45) is 1.20. The van der Waals surface area contributed by atoms with Gasteiger partial charge in [0, 0.05) is 83.0 Å². The van der Waals surface area contributed by atoms with Gasteiger partial charge in [-0.3, -0.25) is 19.2 Å². The number of amides is 5. The van der Waals surface area contributed by atoms with Crippen LogP contribution in [0.2, 0.25) is 0 Å². The van der Waals surface area contributed by atoms with Crippen LogP contribution in [0.5, 0.6) is 0 Å². The van der Waals surface area contributed by atoms with Gasteiger partial charge < -0.3 is 45.3 Å². The molecule has 2 aromatic rings. The Hall–Kier alpha value is -4.64. The molecule has 5 amide bonds. The zero-order chi connectivity index (χ0) is 38.4. The third-order valence-corrected chi connectivity index (χ3v) is 8.35. The fourth-order valence-electron chi connectivity index (χ4n) is 5.71. The van der Waals surface area contributed by atoms with E-state index in [-0.39, 0.29) is 68.6 Å². The Kier molecular flexibility index (Phi) is 19.2. The molecule has 292 valence electrons. The summed E-state index contributed by atoms with van der Waals surface area (Å²) < 4.78 is 33.7. The molecule has 53 heavy (non-hydrogen) atoms. The number of nitrogens with one attached hydrogen (secondary N) is 5. The van der Waals surface area contributed by atoms with Crippen molar-refractivity contribution < 1.29 is 52.5 Å². The van der Waals surface area contributed by atoms with Crippen molar-refractivity contribution in [1.29, 1.82) is 0 Å². The van der Waals surface area contributed by atoms with E-state index in [1.165, 1.54) is 0 Å². The minimum atomic E-state index is -1.25. The zero-order valence-corrected chi connectivity index (χ0v) is 30.4. The fraction of sp³-hybridized carbons (Fsp3) is 0.541. The number of hydrogen-bond donors (Lipinski definition) is 6. The number of hydrogen-bond acceptors (Lipinski definition) is 10. The summed E-state index contributed by atoms with van der Waals surface area (Å²) in [5.74, 6) is -1.46. The van der Waals surface area contributed by atoms with Gasteiger partial charge in [0.1, 0.15) is 6.61 Å². The molecule has 1 aliphatic carbocycles. The summed E-state index contributed by atoms with van der Waals surface area (Å²) >= 11 is 0. The fourth-order valence-corrected chi connectivity index (χ4v) is 5.71. The van der Waals surface area contributed by atoms with E-state index in [0.717, 1.165) is 34.2 Å². The Labute approximate surface area is 309 Å². The third kappa shape index (κ3) is 15.5. The van der Waals surface area contributed by atoms with Crippen molar-refractivity contribution in [3.05, 3.63) is 47.5 Å². The molecule has 1 aliphatic rings. The second-order valence-electron chi connectivity index (χ2n) is 12.5. The summed E-state index contributed by atoms with van der Waals surface area (Å²) in [5, 5.41) is 20.1. The lowest BCUT2D eigenvalue weighted by Crippen LogP contribution is -2.28. The standard InChI is InChI=1S/C37H52FN5O10/c1-25(14-17-44)52-21-16-40-34(46)7-4-9-36(48)42-27-11-13-29-28-12-10-26(22-30(28)32(31(29)23-27)24-53-37(49)43-38)41-35(47)8-3-6-33(45)39-15-20-51-19-5-18-50-2/h10-13,22-23,25,32,44H,3-9,14-21,24H2,1-2H3,(H,39,45)(H,40,46)(H,41,47)(H,42,48)(H,43,49). The molecule has 0 heterocycles. The van der Waals surface area contributed by atoms with Crippen LogP contribution in [0.1, 0.15) is 75.3 Å². The molecule has 3 rings (SSSR count). The van der Waals surface area contributed by atoms with Gasteiger partial charge in [-0.2, -0.15) is 5.54 Å². The quantitative estimate of drug-likeness (QED) is 0.0643. The summed E-state index contributed by atoms with van der Waals surface area (Å²) in [6, 6.07) is 10.7. The number of halogens is 1. The van der Waals surface area contributed by atoms with Gasteiger partial charge in [-0.1, -0.05) is 16.6 Å². The van der Waals surface area contributed by atoms with Gasteiger partial charge >= 0.3 is 6.09 Å². The van der Waals surface area contributed by atoms with Crippen LogP contribution >= 0.6 is 0 Å². The normalized spacial score (nSPS) is 13.3. The predicted octanol–water partition coefficient (Wildman–Crippen LogP) is 3.70. The number of benzene rings is 2. The molecule has 0 fully saturated rings. The topological polar surface area (TPSA) is 203 Å². The lowest BCUT2D eigenvalue weighted by molar-refractivity contribution is -0.123. The van der Waals surface area contributed by atoms with E-state index in [4.69, 9.17) is 24.1 Å². The summed E-state index contributed by atoms with van der Waals surface area (Å²) in [6.45, 7) is 4.26. The van der Waals surface area contributed by atoms with Crippen LogP contribution in [0.3, 0.4) is 0 Å². The number of aliphatic hydroxyl groups excluding tert-OH is 1. The molecule has 0 aliphatic heterocycles. The van der Waals surface area contributed by atoms with E-state index in [1.807, 2.05) is 19.1 Å². The Morgan fingerprint density at radius 2 is 1.30 bits per heavy atom. The molecule has 0 saturated carbocycles. The smallest absolute Gasteiger partial charge is 0.435 e. The monoisotopic (exact) mass is 745 g/mol. The number of carbonyl (C=O) groups excluding carboxylic acids is 5. The predicted molar refractivity (Wildman–Crippen MR) is 195 cm³/mol. The summed E-state index contributed by atoms with van der Waals surface area (Å²) in [7, 11) is 1.62. The molecule has 0 aromatic heterocycles. The zero-order valence-electron chi connectivity index (χ0n) is 30.4. The van der Waals surface area contributed by atoms with Gasteiger partial charge in [-0.05, 0) is 79.1 Å². The highest BCUT2D eigenvalue weighted by Gasteiger charge is 2.31. The van der Waals surface area contributed by atoms with Crippen molar-refractivity contribution in [2.45, 2.75) is 70.3 Å². The average Bonchev–Trinajstić information content (AvgIpc) is 3.43. The Bertz CT molecular complexity index is 1510. The molecule has 15 nitrogen and oxygen atoms in total. The molecular formula is C37H52FN5O10. The van der Waals surface area contributed by atoms with Crippen molar-refractivity contribution in [2.24, 2.45) is 0 Å². The van der Waals surface area contributed by atoms with Crippen LogP contribution in [0.4, 0.5) is 20.7 Å². The van der Waals surface area contributed by atoms with E-state index in [2.05, 4.69) is 21.3 Å². The number of anilines is 2. The van der Waals surface area contributed by atoms with Crippen molar-refractivity contribution in [2.75, 3.05) is 70.5 Å². The van der Waals surface area contributed by atoms with Crippen molar-refractivity contribution in [1.82, 2.24) is 16.2 Å². The molecule has 16 heteroatoms. The second kappa shape index (κ2) is 23.8. The molecule has 0 radical (unpaired) electrons. The lowest BCUT2D eigenvalue weighted by atomic mass is 9.97. The lowest BCUT2D eigenvalue weighted by Gasteiger charge is -2.15. The third-order valence-electron chi connectivity index (χ3n) is 8.35. The first-order valence-electron chi connectivity index (χ1n) is 17.9. The van der Waals surface area contributed by atoms with Crippen molar-refractivity contribution in [3.63, 3.8) is 0 Å². The number of fused-ring (bicyclic) bond motifs is 3. The molecule has 0 saturated heterocycles. The van der Waals surface area contributed by atoms with Crippen LogP contribution in [0, 0.1) is 0 Å². The Morgan fingerprint density at radius 3 is 1.83 bits per heavy atom. The number of carbonyl (C=O) groups is 5. The van der Waals surface area contributed by atoms with Crippen molar-refractivity contribution >= 4 is 41.1 Å². The first kappa shape index (κ1) is 42.8. The largest absolute Gasteiger partial charge is 0.447 e. The van der Waals surface area contributed by atoms with Crippen LogP contribution in [0.25, 0.3) is 11.1 Å². The van der Waals surface area contributed by atoms with Gasteiger partial charge in [-0.25, -0.2) is 4.79 Å². The van der Waals surface area contributed by atoms with Crippen LogP contribution in [-0.4, -0.2) is 101 Å². The van der Waals surface area contributed by atoms with Crippen LogP contribution in [0.15, 0.2) is 36.4 Å². The van der Waals surface area contributed by atoms with Crippen LogP contribution in [-0.2, 0) is 38.1 Å². The van der Waals surface area contributed by atoms with E-state index < -0.39 is 12.0 Å². The minimum Gasteiger partial charge on any atom is -0.447 e. The van der Waals surface area contributed by atoms with Crippen molar-refractivity contribution in [3.8, 4) is 11.1 Å². The first-order valence-corrected chi connectivity index (χ1v) is 17.9. The number of methoxy groups -OCH3 is 1. The van der Waals surface area contributed by atoms with Gasteiger partial charge in [0.05, 0.1) is 19.3 Å². The molecule has 0 spiro atoms. The minimum absolute atomic E-state index is 0.0327. The maximum atomic E-state index is 12.7. The summed E-state index contributed by atoms with van der Waals surface area (Å²) in [5.41, 5.74) is 5.06. The highest BCUT2D eigenvalue weighted by Crippen LogP contribution is 2.47. The van der Waals surface area contributed by atoms with Crippen LogP contribution < -0.4 is 26.8 Å². The number of aliphatic hydroxyl groups is 1. The molecule has 0 bridgehead atoms. The molecule has 2 unspecified atom stereocenters. The maximum Gasteiger partial charge on any atom is 0.435 e. The Balaban J connectivity index is 1.51. The average molecular weight is 746 g/mol. The van der Waals surface area contributed by atoms with E-state index in [1.54, 1.807) is 31.4 Å². The highest BCUT2D eigenvalue weighted by atomic mass is 19.2. The van der Waals surface area contributed by atoms with Gasteiger partial charge in [0.25, 0.3) is 0 Å². The Morgan fingerprint density at radius 1 is 0.755 bits per heavy atom. The molecule has 2 atom stereocenters. The van der Waals surface area contributed by atoms with Gasteiger partial charge in [0.2, 0.25) is 23.6 Å².